The molecule has 0 radical (unpaired) electrons. The average molecular weight is 423 g/mol. The number of anilines is 2. The second kappa shape index (κ2) is 7.84. The molecule has 3 aromatic carbocycles. The molecular formula is C23H22N2O4S. The maximum Gasteiger partial charge on any atom is 0.267 e. The molecular weight excluding hydrogens is 400 g/mol. The van der Waals surface area contributed by atoms with E-state index < -0.39 is 22.0 Å². The Morgan fingerprint density at radius 3 is 2.43 bits per heavy atom. The van der Waals surface area contributed by atoms with E-state index in [1.54, 1.807) is 42.5 Å². The van der Waals surface area contributed by atoms with Gasteiger partial charge in [0.15, 0.2) is 6.10 Å². The van der Waals surface area contributed by atoms with Gasteiger partial charge in [0.2, 0.25) is 0 Å². The second-order valence-corrected chi connectivity index (χ2v) is 9.09. The molecule has 0 saturated carbocycles. The monoisotopic (exact) mass is 422 g/mol. The third-order valence-electron chi connectivity index (χ3n) is 5.00. The highest BCUT2D eigenvalue weighted by Crippen LogP contribution is 2.37. The van der Waals surface area contributed by atoms with Crippen molar-refractivity contribution in [3.8, 4) is 5.75 Å². The molecule has 0 aliphatic carbocycles. The van der Waals surface area contributed by atoms with Gasteiger partial charge in [0.1, 0.15) is 5.75 Å². The molecule has 0 fully saturated rings. The van der Waals surface area contributed by atoms with E-state index in [0.717, 1.165) is 11.1 Å². The lowest BCUT2D eigenvalue weighted by molar-refractivity contribution is -0.122. The molecule has 4 rings (SSSR count). The van der Waals surface area contributed by atoms with Crippen molar-refractivity contribution < 1.29 is 17.9 Å². The van der Waals surface area contributed by atoms with Crippen molar-refractivity contribution in [1.29, 1.82) is 0 Å². The van der Waals surface area contributed by atoms with E-state index in [0.29, 0.717) is 17.1 Å². The number of carbonyl (C=O) groups is 1. The number of nitrogens with zero attached hydrogens (tertiary/aromatic N) is 1. The van der Waals surface area contributed by atoms with Crippen LogP contribution in [0.3, 0.4) is 0 Å². The number of fused-ring (bicyclic) bond motifs is 1. The Bertz CT molecular complexity index is 1190. The highest BCUT2D eigenvalue weighted by molar-refractivity contribution is 7.92. The van der Waals surface area contributed by atoms with Crippen LogP contribution >= 0.6 is 0 Å². The van der Waals surface area contributed by atoms with Gasteiger partial charge in [-0.2, -0.15) is 0 Å². The van der Waals surface area contributed by atoms with Gasteiger partial charge < -0.3 is 10.1 Å². The third kappa shape index (κ3) is 3.76. The highest BCUT2D eigenvalue weighted by atomic mass is 32.2. The van der Waals surface area contributed by atoms with E-state index in [4.69, 9.17) is 4.74 Å². The Hall–Kier alpha value is -3.32. The quantitative estimate of drug-likeness (QED) is 0.692. The first-order valence-corrected chi connectivity index (χ1v) is 11.0. The summed E-state index contributed by atoms with van der Waals surface area (Å²) < 4.78 is 33.7. The number of benzene rings is 3. The molecule has 1 aliphatic heterocycles. The zero-order chi connectivity index (χ0) is 21.3. The molecule has 154 valence electrons. The van der Waals surface area contributed by atoms with Crippen LogP contribution in [0.5, 0.6) is 5.75 Å². The summed E-state index contributed by atoms with van der Waals surface area (Å²) in [5, 5.41) is 2.86. The zero-order valence-electron chi connectivity index (χ0n) is 16.7. The molecule has 1 unspecified atom stereocenters. The first kappa shape index (κ1) is 20.0. The van der Waals surface area contributed by atoms with Crippen molar-refractivity contribution in [2.45, 2.75) is 24.8 Å². The minimum Gasteiger partial charge on any atom is -0.476 e. The molecule has 7 heteroatoms. The maximum absolute atomic E-state index is 13.3. The number of para-hydroxylation sites is 2. The maximum atomic E-state index is 13.3. The molecule has 1 amide bonds. The Balaban J connectivity index is 1.67. The van der Waals surface area contributed by atoms with Gasteiger partial charge in [-0.1, -0.05) is 48.0 Å². The largest absolute Gasteiger partial charge is 0.476 e. The summed E-state index contributed by atoms with van der Waals surface area (Å²) in [4.78, 5) is 13.1. The van der Waals surface area contributed by atoms with Crippen molar-refractivity contribution in [3.63, 3.8) is 0 Å². The fourth-order valence-corrected chi connectivity index (χ4v) is 4.95. The Morgan fingerprint density at radius 2 is 1.70 bits per heavy atom. The van der Waals surface area contributed by atoms with Gasteiger partial charge in [-0.05, 0) is 49.7 Å². The van der Waals surface area contributed by atoms with Gasteiger partial charge in [-0.3, -0.25) is 9.10 Å². The number of carbonyl (C=O) groups excluding carboxylic acids is 1. The van der Waals surface area contributed by atoms with Crippen LogP contribution in [0.2, 0.25) is 0 Å². The highest BCUT2D eigenvalue weighted by Gasteiger charge is 2.37. The topological polar surface area (TPSA) is 75.7 Å². The average Bonchev–Trinajstić information content (AvgIpc) is 2.75. The van der Waals surface area contributed by atoms with Crippen LogP contribution in [0.1, 0.15) is 11.1 Å². The summed E-state index contributed by atoms with van der Waals surface area (Å²) in [5.74, 6) is -0.0475. The van der Waals surface area contributed by atoms with E-state index in [2.05, 4.69) is 5.32 Å². The number of rotatable bonds is 4. The normalized spacial score (nSPS) is 15.8. The number of aryl methyl sites for hydroxylation is 2. The lowest BCUT2D eigenvalue weighted by Crippen LogP contribution is -2.48. The summed E-state index contributed by atoms with van der Waals surface area (Å²) in [6.45, 7) is 3.77. The summed E-state index contributed by atoms with van der Waals surface area (Å²) in [5.41, 5.74) is 3.10. The fraction of sp³-hybridized carbons (Fsp3) is 0.174. The van der Waals surface area contributed by atoms with Gasteiger partial charge in [0.05, 0.1) is 17.1 Å². The SMILES string of the molecule is Cc1ccc(NC(=O)C2CN(S(=O)(=O)c3ccccc3)c3ccccc3O2)c(C)c1. The summed E-state index contributed by atoms with van der Waals surface area (Å²) in [6.07, 6.45) is -0.987. The summed E-state index contributed by atoms with van der Waals surface area (Å²) in [7, 11) is -3.86. The van der Waals surface area contributed by atoms with Gasteiger partial charge in [0.25, 0.3) is 15.9 Å². The lowest BCUT2D eigenvalue weighted by atomic mass is 10.1. The van der Waals surface area contributed by atoms with Crippen LogP contribution in [0.25, 0.3) is 0 Å². The number of hydrogen-bond acceptors (Lipinski definition) is 4. The summed E-state index contributed by atoms with van der Waals surface area (Å²) in [6, 6.07) is 20.7. The van der Waals surface area contributed by atoms with Crippen LogP contribution in [0.4, 0.5) is 11.4 Å². The molecule has 0 bridgehead atoms. The van der Waals surface area contributed by atoms with Gasteiger partial charge >= 0.3 is 0 Å². The van der Waals surface area contributed by atoms with Crippen LogP contribution in [-0.2, 0) is 14.8 Å². The van der Waals surface area contributed by atoms with Crippen molar-refractivity contribution in [1.82, 2.24) is 0 Å². The van der Waals surface area contributed by atoms with Crippen LogP contribution in [0, 0.1) is 13.8 Å². The first-order chi connectivity index (χ1) is 14.4. The van der Waals surface area contributed by atoms with Gasteiger partial charge in [-0.15, -0.1) is 0 Å². The van der Waals surface area contributed by atoms with Crippen molar-refractivity contribution >= 4 is 27.3 Å². The Kier molecular flexibility index (Phi) is 5.22. The van der Waals surface area contributed by atoms with Crippen molar-refractivity contribution in [2.75, 3.05) is 16.2 Å². The first-order valence-electron chi connectivity index (χ1n) is 9.58. The Labute approximate surface area is 176 Å². The molecule has 0 aromatic heterocycles. The van der Waals surface area contributed by atoms with Crippen LogP contribution < -0.4 is 14.4 Å². The smallest absolute Gasteiger partial charge is 0.267 e. The molecule has 1 heterocycles. The molecule has 1 aliphatic rings. The standard InChI is InChI=1S/C23H22N2O4S/c1-16-12-13-19(17(2)14-16)24-23(26)22-15-25(20-10-6-7-11-21(20)29-22)30(27,28)18-8-4-3-5-9-18/h3-14,22H,15H2,1-2H3,(H,24,26). The molecule has 0 spiro atoms. The molecule has 1 N–H and O–H groups in total. The van der Waals surface area contributed by atoms with E-state index in [9.17, 15) is 13.2 Å². The zero-order valence-corrected chi connectivity index (χ0v) is 17.5. The number of hydrogen-bond donors (Lipinski definition) is 1. The van der Waals surface area contributed by atoms with E-state index >= 15 is 0 Å². The number of ether oxygens (including phenoxy) is 1. The fourth-order valence-electron chi connectivity index (χ4n) is 3.45. The van der Waals surface area contributed by atoms with Crippen molar-refractivity contribution in [3.05, 3.63) is 83.9 Å². The van der Waals surface area contributed by atoms with E-state index in [1.807, 2.05) is 32.0 Å². The second-order valence-electron chi connectivity index (χ2n) is 7.23. The molecule has 30 heavy (non-hydrogen) atoms. The number of amides is 1. The Morgan fingerprint density at radius 1 is 1.00 bits per heavy atom. The molecule has 6 nitrogen and oxygen atoms in total. The van der Waals surface area contributed by atoms with Gasteiger partial charge in [-0.25, -0.2) is 8.42 Å². The van der Waals surface area contributed by atoms with E-state index in [-0.39, 0.29) is 11.4 Å². The molecule has 0 saturated heterocycles. The minimum absolute atomic E-state index is 0.120. The summed E-state index contributed by atoms with van der Waals surface area (Å²) >= 11 is 0. The molecule has 3 aromatic rings. The van der Waals surface area contributed by atoms with Crippen LogP contribution in [0.15, 0.2) is 77.7 Å². The molecule has 1 atom stereocenters. The van der Waals surface area contributed by atoms with Crippen LogP contribution in [-0.4, -0.2) is 27.0 Å². The number of nitrogens with one attached hydrogen (secondary N) is 1. The predicted octanol–water partition coefficient (Wildman–Crippen LogP) is 3.90. The third-order valence-corrected chi connectivity index (χ3v) is 6.79. The predicted molar refractivity (Wildman–Crippen MR) is 116 cm³/mol. The van der Waals surface area contributed by atoms with E-state index in [1.165, 1.54) is 16.4 Å². The van der Waals surface area contributed by atoms with Gasteiger partial charge in [0, 0.05) is 5.69 Å². The minimum atomic E-state index is -3.86. The number of sulfonamides is 1. The lowest BCUT2D eigenvalue weighted by Gasteiger charge is -2.34. The van der Waals surface area contributed by atoms with Crippen molar-refractivity contribution in [2.24, 2.45) is 0 Å².